The minimum atomic E-state index is -0.963. The molecule has 0 spiro atoms. The van der Waals surface area contributed by atoms with Crippen LogP contribution in [-0.4, -0.2) is 16.0 Å². The van der Waals surface area contributed by atoms with E-state index >= 15 is 0 Å². The molecule has 0 fully saturated rings. The van der Waals surface area contributed by atoms with Crippen LogP contribution in [-0.2, 0) is 11.4 Å². The van der Waals surface area contributed by atoms with Crippen molar-refractivity contribution in [2.75, 3.05) is 0 Å². The Morgan fingerprint density at radius 1 is 1.26 bits per heavy atom. The van der Waals surface area contributed by atoms with Gasteiger partial charge in [0.15, 0.2) is 5.75 Å². The summed E-state index contributed by atoms with van der Waals surface area (Å²) in [6, 6.07) is 13.5. The van der Waals surface area contributed by atoms with Crippen molar-refractivity contribution in [3.05, 3.63) is 69.8 Å². The van der Waals surface area contributed by atoms with E-state index in [1.807, 2.05) is 30.3 Å². The Balaban J connectivity index is 2.30. The van der Waals surface area contributed by atoms with Crippen molar-refractivity contribution >= 4 is 11.7 Å². The first-order valence-corrected chi connectivity index (χ1v) is 7.20. The Hall–Kier alpha value is -2.89. The van der Waals surface area contributed by atoms with E-state index in [0.717, 1.165) is 5.56 Å². The number of carboxylic acids is 1. The lowest BCUT2D eigenvalue weighted by Gasteiger charge is -2.13. The summed E-state index contributed by atoms with van der Waals surface area (Å²) in [6.45, 7) is 1.93. The monoisotopic (exact) mass is 315 g/mol. The average Bonchev–Trinajstić information content (AvgIpc) is 2.54. The molecule has 0 saturated heterocycles. The standard InChI is InChI=1S/C17H17NO5/c1-2-14(17(19)20)13-8-9-15(18(21)22)16(10-13)23-11-12-6-4-3-5-7-12/h3-10,14H,2,11H2,1H3,(H,19,20). The minimum absolute atomic E-state index is 0.0797. The van der Waals surface area contributed by atoms with Gasteiger partial charge in [0.1, 0.15) is 6.61 Å². The maximum atomic E-state index is 11.3. The minimum Gasteiger partial charge on any atom is -0.482 e. The maximum absolute atomic E-state index is 11.3. The molecular formula is C17H17NO5. The fraction of sp³-hybridized carbons (Fsp3) is 0.235. The third-order valence-corrected chi connectivity index (χ3v) is 3.53. The lowest BCUT2D eigenvalue weighted by Crippen LogP contribution is -2.11. The SMILES string of the molecule is CCC(C(=O)O)c1ccc([N+](=O)[O-])c(OCc2ccccc2)c1. The van der Waals surface area contributed by atoms with Crippen LogP contribution in [0.25, 0.3) is 0 Å². The topological polar surface area (TPSA) is 89.7 Å². The van der Waals surface area contributed by atoms with Gasteiger partial charge in [-0.1, -0.05) is 43.3 Å². The van der Waals surface area contributed by atoms with Gasteiger partial charge >= 0.3 is 11.7 Å². The quantitative estimate of drug-likeness (QED) is 0.620. The first-order valence-electron chi connectivity index (χ1n) is 7.20. The molecule has 0 aliphatic rings. The van der Waals surface area contributed by atoms with Crippen molar-refractivity contribution in [1.82, 2.24) is 0 Å². The fourth-order valence-corrected chi connectivity index (χ4v) is 2.30. The predicted molar refractivity (Wildman–Crippen MR) is 84.5 cm³/mol. The van der Waals surface area contributed by atoms with E-state index < -0.39 is 16.8 Å². The molecule has 2 rings (SSSR count). The van der Waals surface area contributed by atoms with Crippen LogP contribution < -0.4 is 4.74 Å². The Kier molecular flexibility index (Phi) is 5.30. The smallest absolute Gasteiger partial charge is 0.310 e. The van der Waals surface area contributed by atoms with Crippen LogP contribution in [0, 0.1) is 10.1 Å². The van der Waals surface area contributed by atoms with Crippen molar-refractivity contribution < 1.29 is 19.6 Å². The lowest BCUT2D eigenvalue weighted by atomic mass is 9.96. The van der Waals surface area contributed by atoms with Gasteiger partial charge in [0, 0.05) is 6.07 Å². The molecular weight excluding hydrogens is 298 g/mol. The number of carbonyl (C=O) groups is 1. The van der Waals surface area contributed by atoms with E-state index in [1.54, 1.807) is 6.92 Å². The van der Waals surface area contributed by atoms with Gasteiger partial charge in [-0.15, -0.1) is 0 Å². The molecule has 0 heterocycles. The summed E-state index contributed by atoms with van der Waals surface area (Å²) in [7, 11) is 0. The number of benzene rings is 2. The van der Waals surface area contributed by atoms with Gasteiger partial charge in [-0.25, -0.2) is 0 Å². The summed E-state index contributed by atoms with van der Waals surface area (Å²) in [5.74, 6) is -1.60. The van der Waals surface area contributed by atoms with Crippen LogP contribution in [0.4, 0.5) is 5.69 Å². The molecule has 23 heavy (non-hydrogen) atoms. The van der Waals surface area contributed by atoms with Crippen LogP contribution in [0.1, 0.15) is 30.4 Å². The molecule has 0 bridgehead atoms. The van der Waals surface area contributed by atoms with Crippen LogP contribution >= 0.6 is 0 Å². The summed E-state index contributed by atoms with van der Waals surface area (Å²) in [4.78, 5) is 21.9. The number of hydrogen-bond acceptors (Lipinski definition) is 4. The Morgan fingerprint density at radius 2 is 1.96 bits per heavy atom. The van der Waals surface area contributed by atoms with Crippen molar-refractivity contribution in [2.45, 2.75) is 25.9 Å². The molecule has 2 aromatic rings. The van der Waals surface area contributed by atoms with Crippen LogP contribution in [0.15, 0.2) is 48.5 Å². The molecule has 0 aliphatic heterocycles. The van der Waals surface area contributed by atoms with Gasteiger partial charge in [-0.05, 0) is 23.6 Å². The zero-order valence-corrected chi connectivity index (χ0v) is 12.6. The fourth-order valence-electron chi connectivity index (χ4n) is 2.30. The van der Waals surface area contributed by atoms with E-state index in [1.165, 1.54) is 18.2 Å². The number of nitro benzene ring substituents is 1. The molecule has 6 heteroatoms. The molecule has 0 aromatic heterocycles. The zero-order valence-electron chi connectivity index (χ0n) is 12.6. The molecule has 0 radical (unpaired) electrons. The number of ether oxygens (including phenoxy) is 1. The third-order valence-electron chi connectivity index (χ3n) is 3.53. The normalized spacial score (nSPS) is 11.7. The number of carboxylic acid groups (broad SMARTS) is 1. The summed E-state index contributed by atoms with van der Waals surface area (Å²) in [5, 5.41) is 20.4. The highest BCUT2D eigenvalue weighted by atomic mass is 16.6. The van der Waals surface area contributed by atoms with E-state index in [2.05, 4.69) is 0 Å². The van der Waals surface area contributed by atoms with Gasteiger partial charge in [0.05, 0.1) is 10.8 Å². The van der Waals surface area contributed by atoms with Crippen LogP contribution in [0.2, 0.25) is 0 Å². The predicted octanol–water partition coefficient (Wildman–Crippen LogP) is 3.75. The molecule has 1 N–H and O–H groups in total. The number of rotatable bonds is 7. The van der Waals surface area contributed by atoms with Crippen LogP contribution in [0.5, 0.6) is 5.75 Å². The first kappa shape index (κ1) is 16.5. The molecule has 6 nitrogen and oxygen atoms in total. The highest BCUT2D eigenvalue weighted by Gasteiger charge is 2.22. The summed E-state index contributed by atoms with van der Waals surface area (Å²) >= 11 is 0. The lowest BCUT2D eigenvalue weighted by molar-refractivity contribution is -0.386. The molecule has 1 unspecified atom stereocenters. The average molecular weight is 315 g/mol. The summed E-state index contributed by atoms with van der Waals surface area (Å²) in [6.07, 6.45) is 0.394. The summed E-state index contributed by atoms with van der Waals surface area (Å²) < 4.78 is 5.56. The van der Waals surface area contributed by atoms with E-state index in [-0.39, 0.29) is 18.0 Å². The van der Waals surface area contributed by atoms with Gasteiger partial charge in [0.25, 0.3) is 0 Å². The molecule has 120 valence electrons. The largest absolute Gasteiger partial charge is 0.482 e. The highest BCUT2D eigenvalue weighted by molar-refractivity contribution is 5.76. The first-order chi connectivity index (χ1) is 11.0. The zero-order chi connectivity index (χ0) is 16.8. The second-order valence-corrected chi connectivity index (χ2v) is 5.06. The summed E-state index contributed by atoms with van der Waals surface area (Å²) in [5.41, 5.74) is 1.19. The number of hydrogen-bond donors (Lipinski definition) is 1. The number of nitro groups is 1. The van der Waals surface area contributed by atoms with Gasteiger partial charge < -0.3 is 9.84 Å². The van der Waals surface area contributed by atoms with Gasteiger partial charge in [-0.2, -0.15) is 0 Å². The van der Waals surface area contributed by atoms with Crippen molar-refractivity contribution in [3.63, 3.8) is 0 Å². The molecule has 1 atom stereocenters. The molecule has 0 saturated carbocycles. The Labute approximate surface area is 133 Å². The highest BCUT2D eigenvalue weighted by Crippen LogP contribution is 2.32. The Morgan fingerprint density at radius 3 is 2.52 bits per heavy atom. The second-order valence-electron chi connectivity index (χ2n) is 5.06. The number of nitrogens with zero attached hydrogens (tertiary/aromatic N) is 1. The Bertz CT molecular complexity index is 699. The van der Waals surface area contributed by atoms with Crippen molar-refractivity contribution in [1.29, 1.82) is 0 Å². The van der Waals surface area contributed by atoms with E-state index in [0.29, 0.717) is 12.0 Å². The van der Waals surface area contributed by atoms with Gasteiger partial charge in [0.2, 0.25) is 0 Å². The maximum Gasteiger partial charge on any atom is 0.310 e. The van der Waals surface area contributed by atoms with Crippen molar-refractivity contribution in [3.8, 4) is 5.75 Å². The third kappa shape index (κ3) is 4.06. The molecule has 0 amide bonds. The van der Waals surface area contributed by atoms with Gasteiger partial charge in [-0.3, -0.25) is 14.9 Å². The van der Waals surface area contributed by atoms with E-state index in [4.69, 9.17) is 4.74 Å². The molecule has 2 aromatic carbocycles. The van der Waals surface area contributed by atoms with E-state index in [9.17, 15) is 20.0 Å². The second kappa shape index (κ2) is 7.40. The molecule has 0 aliphatic carbocycles. The number of aliphatic carboxylic acids is 1. The van der Waals surface area contributed by atoms with Crippen LogP contribution in [0.3, 0.4) is 0 Å². The van der Waals surface area contributed by atoms with Crippen molar-refractivity contribution in [2.24, 2.45) is 0 Å².